The number of amides is 1. The second-order valence-corrected chi connectivity index (χ2v) is 6.35. The molecule has 4 heteroatoms. The normalized spacial score (nSPS) is 16.4. The first-order valence-electron chi connectivity index (χ1n) is 6.76. The fourth-order valence-corrected chi connectivity index (χ4v) is 2.76. The molecule has 1 N–H and O–H groups in total. The van der Waals surface area contributed by atoms with E-state index in [0.717, 1.165) is 29.5 Å². The first kappa shape index (κ1) is 14.5. The number of fused-ring (bicyclic) bond motifs is 1. The van der Waals surface area contributed by atoms with Crippen molar-refractivity contribution in [3.63, 3.8) is 0 Å². The van der Waals surface area contributed by atoms with Gasteiger partial charge in [0.15, 0.2) is 0 Å². The van der Waals surface area contributed by atoms with Crippen LogP contribution in [0, 0.1) is 5.92 Å². The van der Waals surface area contributed by atoms with Crippen molar-refractivity contribution in [3.8, 4) is 0 Å². The third-order valence-electron chi connectivity index (χ3n) is 3.61. The van der Waals surface area contributed by atoms with E-state index in [0.29, 0.717) is 0 Å². The molecule has 1 aromatic carbocycles. The summed E-state index contributed by atoms with van der Waals surface area (Å²) in [6.07, 6.45) is 1.62. The number of aliphatic hydroxyl groups is 1. The molecule has 0 aromatic heterocycles. The molecule has 0 radical (unpaired) electrons. The smallest absolute Gasteiger partial charge is 0.229 e. The van der Waals surface area contributed by atoms with Crippen molar-refractivity contribution in [2.75, 3.05) is 11.4 Å². The lowest BCUT2D eigenvalue weighted by Gasteiger charge is -2.30. The predicted octanol–water partition coefficient (Wildman–Crippen LogP) is 3.14. The molecule has 1 aliphatic heterocycles. The molecule has 0 saturated heterocycles. The molecule has 1 aromatic rings. The Bertz CT molecular complexity index is 473. The summed E-state index contributed by atoms with van der Waals surface area (Å²) in [5.74, 6) is 0.127. The highest BCUT2D eigenvalue weighted by Gasteiger charge is 2.25. The van der Waals surface area contributed by atoms with Crippen LogP contribution in [0.5, 0.6) is 0 Å². The van der Waals surface area contributed by atoms with E-state index in [1.807, 2.05) is 30.9 Å². The number of rotatable bonds is 3. The average molecular weight is 326 g/mol. The van der Waals surface area contributed by atoms with Gasteiger partial charge in [0, 0.05) is 16.7 Å². The number of halogens is 1. The molecule has 19 heavy (non-hydrogen) atoms. The third kappa shape index (κ3) is 3.37. The van der Waals surface area contributed by atoms with Crippen LogP contribution in [0.15, 0.2) is 22.7 Å². The van der Waals surface area contributed by atoms with Gasteiger partial charge in [-0.05, 0) is 42.5 Å². The number of aryl methyl sites for hydroxylation is 1. The van der Waals surface area contributed by atoms with Gasteiger partial charge in [-0.2, -0.15) is 0 Å². The van der Waals surface area contributed by atoms with Gasteiger partial charge in [-0.25, -0.2) is 0 Å². The lowest BCUT2D eigenvalue weighted by atomic mass is 9.99. The van der Waals surface area contributed by atoms with Crippen LogP contribution in [-0.2, 0) is 11.2 Å². The Morgan fingerprint density at radius 1 is 1.47 bits per heavy atom. The van der Waals surface area contributed by atoms with Crippen molar-refractivity contribution >= 4 is 27.5 Å². The fourth-order valence-electron chi connectivity index (χ4n) is 2.35. The number of benzene rings is 1. The van der Waals surface area contributed by atoms with Crippen molar-refractivity contribution < 1.29 is 9.90 Å². The van der Waals surface area contributed by atoms with Gasteiger partial charge in [0.1, 0.15) is 0 Å². The van der Waals surface area contributed by atoms with Crippen LogP contribution in [0.2, 0.25) is 0 Å². The van der Waals surface area contributed by atoms with E-state index in [1.54, 1.807) is 0 Å². The summed E-state index contributed by atoms with van der Waals surface area (Å²) >= 11 is 3.46. The summed E-state index contributed by atoms with van der Waals surface area (Å²) in [5, 5.41) is 9.86. The number of anilines is 1. The largest absolute Gasteiger partial charge is 0.392 e. The molecule has 0 saturated carbocycles. The minimum atomic E-state index is -0.562. The van der Waals surface area contributed by atoms with Gasteiger partial charge in [0.25, 0.3) is 0 Å². The van der Waals surface area contributed by atoms with Crippen LogP contribution in [0.4, 0.5) is 5.69 Å². The summed E-state index contributed by atoms with van der Waals surface area (Å²) < 4.78 is 1.04. The molecule has 0 aliphatic carbocycles. The summed E-state index contributed by atoms with van der Waals surface area (Å²) in [4.78, 5) is 14.1. The molecule has 1 unspecified atom stereocenters. The lowest BCUT2D eigenvalue weighted by Crippen LogP contribution is -2.38. The molecule has 0 fully saturated rings. The summed E-state index contributed by atoms with van der Waals surface area (Å²) in [7, 11) is 0. The Morgan fingerprint density at radius 2 is 2.21 bits per heavy atom. The molecule has 2 rings (SSSR count). The maximum atomic E-state index is 12.3. The second kappa shape index (κ2) is 6.06. The highest BCUT2D eigenvalue weighted by atomic mass is 79.9. The molecule has 1 aliphatic rings. The van der Waals surface area contributed by atoms with Gasteiger partial charge in [0.2, 0.25) is 5.91 Å². The van der Waals surface area contributed by atoms with Crippen molar-refractivity contribution in [2.45, 2.75) is 39.2 Å². The van der Waals surface area contributed by atoms with Crippen molar-refractivity contribution in [1.82, 2.24) is 0 Å². The van der Waals surface area contributed by atoms with Gasteiger partial charge in [-0.15, -0.1) is 0 Å². The number of nitrogens with zero attached hydrogens (tertiary/aromatic N) is 1. The monoisotopic (exact) mass is 325 g/mol. The molecule has 1 heterocycles. The summed E-state index contributed by atoms with van der Waals surface area (Å²) in [5.41, 5.74) is 2.20. The van der Waals surface area contributed by atoms with E-state index in [2.05, 4.69) is 22.0 Å². The van der Waals surface area contributed by atoms with Gasteiger partial charge in [-0.3, -0.25) is 4.79 Å². The lowest BCUT2D eigenvalue weighted by molar-refractivity contribution is -0.121. The Labute approximate surface area is 122 Å². The van der Waals surface area contributed by atoms with E-state index in [9.17, 15) is 9.90 Å². The zero-order valence-electron chi connectivity index (χ0n) is 11.4. The first-order valence-corrected chi connectivity index (χ1v) is 7.55. The Hall–Kier alpha value is -0.870. The van der Waals surface area contributed by atoms with Gasteiger partial charge >= 0.3 is 0 Å². The van der Waals surface area contributed by atoms with E-state index in [-0.39, 0.29) is 18.2 Å². The molecular formula is C15H20BrNO2. The Morgan fingerprint density at radius 3 is 2.89 bits per heavy atom. The molecule has 0 spiro atoms. The average Bonchev–Trinajstić information content (AvgIpc) is 2.37. The molecule has 104 valence electrons. The number of hydrogen-bond donors (Lipinski definition) is 1. The maximum absolute atomic E-state index is 12.3. The van der Waals surface area contributed by atoms with Gasteiger partial charge in [-0.1, -0.05) is 29.8 Å². The minimum absolute atomic E-state index is 0.0180. The topological polar surface area (TPSA) is 40.5 Å². The van der Waals surface area contributed by atoms with E-state index in [1.165, 1.54) is 5.56 Å². The quantitative estimate of drug-likeness (QED) is 0.927. The van der Waals surface area contributed by atoms with Crippen LogP contribution in [-0.4, -0.2) is 23.7 Å². The third-order valence-corrected chi connectivity index (χ3v) is 4.11. The first-order chi connectivity index (χ1) is 8.99. The van der Waals surface area contributed by atoms with Crippen molar-refractivity contribution in [3.05, 3.63) is 28.2 Å². The van der Waals surface area contributed by atoms with E-state index < -0.39 is 6.10 Å². The minimum Gasteiger partial charge on any atom is -0.392 e. The number of carbonyl (C=O) groups excluding carboxylic acids is 1. The van der Waals surface area contributed by atoms with Crippen molar-refractivity contribution in [1.29, 1.82) is 0 Å². The fraction of sp³-hybridized carbons (Fsp3) is 0.533. The van der Waals surface area contributed by atoms with E-state index in [4.69, 9.17) is 0 Å². The van der Waals surface area contributed by atoms with Crippen LogP contribution in [0.3, 0.4) is 0 Å². The second-order valence-electron chi connectivity index (χ2n) is 5.44. The number of carbonyl (C=O) groups is 1. The highest BCUT2D eigenvalue weighted by Crippen LogP contribution is 2.30. The highest BCUT2D eigenvalue weighted by molar-refractivity contribution is 9.10. The molecule has 0 bridgehead atoms. The standard InChI is InChI=1S/C15H20BrNO2/c1-10(2)14(18)9-15(19)17-7-3-4-11-8-12(16)5-6-13(11)17/h5-6,8,10,14,18H,3-4,7,9H2,1-2H3. The summed E-state index contributed by atoms with van der Waals surface area (Å²) in [6.45, 7) is 4.61. The molecule has 1 atom stereocenters. The van der Waals surface area contributed by atoms with Crippen molar-refractivity contribution in [2.24, 2.45) is 5.92 Å². The van der Waals surface area contributed by atoms with Crippen LogP contribution in [0.1, 0.15) is 32.3 Å². The molecule has 1 amide bonds. The molecular weight excluding hydrogens is 306 g/mol. The summed E-state index contributed by atoms with van der Waals surface area (Å²) in [6, 6.07) is 6.02. The Balaban J connectivity index is 2.17. The Kier molecular flexibility index (Phi) is 4.63. The van der Waals surface area contributed by atoms with Crippen LogP contribution < -0.4 is 4.90 Å². The predicted molar refractivity (Wildman–Crippen MR) is 80.3 cm³/mol. The number of aliphatic hydroxyl groups excluding tert-OH is 1. The zero-order chi connectivity index (χ0) is 14.0. The van der Waals surface area contributed by atoms with Crippen LogP contribution >= 0.6 is 15.9 Å². The SMILES string of the molecule is CC(C)C(O)CC(=O)N1CCCc2cc(Br)ccc21. The van der Waals surface area contributed by atoms with Gasteiger partial charge in [0.05, 0.1) is 12.5 Å². The number of hydrogen-bond acceptors (Lipinski definition) is 2. The van der Waals surface area contributed by atoms with Gasteiger partial charge < -0.3 is 10.0 Å². The maximum Gasteiger partial charge on any atom is 0.229 e. The van der Waals surface area contributed by atoms with Crippen LogP contribution in [0.25, 0.3) is 0 Å². The van der Waals surface area contributed by atoms with E-state index >= 15 is 0 Å². The zero-order valence-corrected chi connectivity index (χ0v) is 13.0. The molecule has 3 nitrogen and oxygen atoms in total.